The Bertz CT molecular complexity index is 709. The van der Waals surface area contributed by atoms with Gasteiger partial charge in [0.05, 0.1) is 6.61 Å². The molecule has 0 spiro atoms. The second-order valence-corrected chi connectivity index (χ2v) is 5.30. The number of nitrogens with one attached hydrogen (secondary N) is 1. The molecule has 2 amide bonds. The van der Waals surface area contributed by atoms with Crippen LogP contribution in [0.5, 0.6) is 5.75 Å². The number of alkyl halides is 1. The summed E-state index contributed by atoms with van der Waals surface area (Å²) >= 11 is 5.79. The topological polar surface area (TPSA) is 67.9 Å². The van der Waals surface area contributed by atoms with E-state index in [-0.39, 0.29) is 12.5 Å². The van der Waals surface area contributed by atoms with Crippen LogP contribution in [0.1, 0.15) is 6.92 Å². The third-order valence-corrected chi connectivity index (χ3v) is 3.33. The molecule has 0 aliphatic carbocycles. The summed E-state index contributed by atoms with van der Waals surface area (Å²) in [5.74, 6) is 0.573. The number of hydrogen-bond acceptors (Lipinski definition) is 4. The van der Waals surface area contributed by atoms with E-state index >= 15 is 0 Å². The fraction of sp³-hybridized carbons (Fsp3) is 0.222. The van der Waals surface area contributed by atoms with Gasteiger partial charge in [-0.05, 0) is 31.2 Å². The van der Waals surface area contributed by atoms with Crippen LogP contribution < -0.4 is 15.0 Å². The molecule has 0 fully saturated rings. The first-order chi connectivity index (χ1) is 12.1. The molecule has 0 aliphatic rings. The Morgan fingerprint density at radius 1 is 1.12 bits per heavy atom. The van der Waals surface area contributed by atoms with Crippen molar-refractivity contribution in [3.63, 3.8) is 0 Å². The largest absolute Gasteiger partial charge is 0.450 e. The smallest absolute Gasteiger partial charge is 0.419 e. The third-order valence-electron chi connectivity index (χ3n) is 3.16. The van der Waals surface area contributed by atoms with Crippen LogP contribution in [0.3, 0.4) is 0 Å². The first-order valence-corrected chi connectivity index (χ1v) is 8.31. The minimum absolute atomic E-state index is 0.269. The summed E-state index contributed by atoms with van der Waals surface area (Å²) in [5.41, 5.74) is 1.15. The summed E-state index contributed by atoms with van der Waals surface area (Å²) < 4.78 is 10.2. The molecule has 0 heterocycles. The van der Waals surface area contributed by atoms with Gasteiger partial charge in [-0.25, -0.2) is 9.59 Å². The molecule has 0 aromatic heterocycles. The first kappa shape index (κ1) is 18.6. The van der Waals surface area contributed by atoms with E-state index < -0.39 is 12.2 Å². The number of halogens is 1. The Kier molecular flexibility index (Phi) is 7.10. The van der Waals surface area contributed by atoms with E-state index in [0.717, 1.165) is 0 Å². The van der Waals surface area contributed by atoms with E-state index in [1.54, 1.807) is 43.3 Å². The number of para-hydroxylation sites is 1. The maximum Gasteiger partial charge on any atom is 0.419 e. The Morgan fingerprint density at radius 3 is 2.56 bits per heavy atom. The van der Waals surface area contributed by atoms with Gasteiger partial charge in [0.2, 0.25) is 0 Å². The number of carbonyl (C=O) groups is 2. The Morgan fingerprint density at radius 2 is 1.88 bits per heavy atom. The molecule has 2 aromatic carbocycles. The molecule has 0 saturated heterocycles. The zero-order valence-corrected chi connectivity index (χ0v) is 14.5. The quantitative estimate of drug-likeness (QED) is 0.768. The molecule has 0 saturated carbocycles. The SMILES string of the molecule is CCOC(=O)Nc1cccc(OC(=O)N(CCCl)c2ccccc2)c1. The summed E-state index contributed by atoms with van der Waals surface area (Å²) in [6.07, 6.45) is -1.13. The predicted octanol–water partition coefficient (Wildman–Crippen LogP) is 4.50. The number of nitrogens with zero attached hydrogens (tertiary/aromatic N) is 1. The molecule has 0 bridgehead atoms. The highest BCUT2D eigenvalue weighted by atomic mass is 35.5. The van der Waals surface area contributed by atoms with Crippen LogP contribution >= 0.6 is 11.6 Å². The van der Waals surface area contributed by atoms with Crippen LogP contribution in [0.15, 0.2) is 54.6 Å². The number of amides is 2. The molecule has 132 valence electrons. The number of rotatable bonds is 6. The van der Waals surface area contributed by atoms with Crippen molar-refractivity contribution in [3.8, 4) is 5.75 Å². The molecular weight excluding hydrogens is 344 g/mol. The van der Waals surface area contributed by atoms with Crippen molar-refractivity contribution in [1.29, 1.82) is 0 Å². The van der Waals surface area contributed by atoms with Crippen LogP contribution in [0.2, 0.25) is 0 Å². The highest BCUT2D eigenvalue weighted by molar-refractivity contribution is 6.18. The van der Waals surface area contributed by atoms with Crippen LogP contribution in [-0.4, -0.2) is 31.2 Å². The molecule has 2 aromatic rings. The van der Waals surface area contributed by atoms with E-state index in [0.29, 0.717) is 23.7 Å². The summed E-state index contributed by atoms with van der Waals surface area (Å²) in [4.78, 5) is 25.4. The van der Waals surface area contributed by atoms with Gasteiger partial charge in [-0.2, -0.15) is 0 Å². The lowest BCUT2D eigenvalue weighted by molar-refractivity contribution is 0.168. The second-order valence-electron chi connectivity index (χ2n) is 4.92. The number of ether oxygens (including phenoxy) is 2. The molecule has 0 atom stereocenters. The second kappa shape index (κ2) is 9.54. The zero-order chi connectivity index (χ0) is 18.1. The first-order valence-electron chi connectivity index (χ1n) is 7.78. The molecule has 1 N–H and O–H groups in total. The highest BCUT2D eigenvalue weighted by Crippen LogP contribution is 2.20. The molecule has 0 aliphatic heterocycles. The maximum atomic E-state index is 12.5. The Hall–Kier alpha value is -2.73. The van der Waals surface area contributed by atoms with Crippen molar-refractivity contribution in [2.45, 2.75) is 6.92 Å². The average molecular weight is 363 g/mol. The average Bonchev–Trinajstić information content (AvgIpc) is 2.60. The lowest BCUT2D eigenvalue weighted by atomic mass is 10.3. The number of hydrogen-bond donors (Lipinski definition) is 1. The Balaban J connectivity index is 2.09. The van der Waals surface area contributed by atoms with Gasteiger partial charge in [0.1, 0.15) is 5.75 Å². The maximum absolute atomic E-state index is 12.5. The van der Waals surface area contributed by atoms with Crippen LogP contribution in [-0.2, 0) is 4.74 Å². The molecular formula is C18H19ClN2O4. The fourth-order valence-electron chi connectivity index (χ4n) is 2.10. The minimum Gasteiger partial charge on any atom is -0.450 e. The number of benzene rings is 2. The summed E-state index contributed by atoms with van der Waals surface area (Å²) in [6.45, 7) is 2.29. The fourth-order valence-corrected chi connectivity index (χ4v) is 2.27. The van der Waals surface area contributed by atoms with Crippen LogP contribution in [0.25, 0.3) is 0 Å². The van der Waals surface area contributed by atoms with E-state index in [4.69, 9.17) is 21.1 Å². The molecule has 7 heteroatoms. The van der Waals surface area contributed by atoms with E-state index in [1.807, 2.05) is 18.2 Å². The lowest BCUT2D eigenvalue weighted by Gasteiger charge is -2.21. The number of anilines is 2. The van der Waals surface area contributed by atoms with Gasteiger partial charge in [-0.3, -0.25) is 10.2 Å². The van der Waals surface area contributed by atoms with Gasteiger partial charge in [-0.15, -0.1) is 11.6 Å². The van der Waals surface area contributed by atoms with Gasteiger partial charge < -0.3 is 9.47 Å². The summed E-state index contributed by atoms with van der Waals surface area (Å²) in [7, 11) is 0. The van der Waals surface area contributed by atoms with Crippen molar-refractivity contribution < 1.29 is 19.1 Å². The van der Waals surface area contributed by atoms with Gasteiger partial charge in [0.15, 0.2) is 0 Å². The standard InChI is InChI=1S/C18H19ClN2O4/c1-2-24-17(22)20-14-7-6-10-16(13-14)25-18(23)21(12-11-19)15-8-4-3-5-9-15/h3-10,13H,2,11-12H2,1H3,(H,20,22). The van der Waals surface area contributed by atoms with Crippen molar-refractivity contribution in [1.82, 2.24) is 0 Å². The minimum atomic E-state index is -0.570. The monoisotopic (exact) mass is 362 g/mol. The normalized spacial score (nSPS) is 10.0. The van der Waals surface area contributed by atoms with Gasteiger partial charge in [-0.1, -0.05) is 24.3 Å². The van der Waals surface area contributed by atoms with Crippen molar-refractivity contribution in [3.05, 3.63) is 54.6 Å². The molecule has 2 rings (SSSR count). The summed E-state index contributed by atoms with van der Waals surface area (Å²) in [5, 5.41) is 2.56. The van der Waals surface area contributed by atoms with Gasteiger partial charge in [0, 0.05) is 29.9 Å². The van der Waals surface area contributed by atoms with Gasteiger partial charge >= 0.3 is 12.2 Å². The zero-order valence-electron chi connectivity index (χ0n) is 13.8. The van der Waals surface area contributed by atoms with Crippen molar-refractivity contribution >= 4 is 35.2 Å². The Labute approximate surface area is 151 Å². The van der Waals surface area contributed by atoms with Crippen LogP contribution in [0.4, 0.5) is 21.0 Å². The molecule has 25 heavy (non-hydrogen) atoms. The predicted molar refractivity (Wildman–Crippen MR) is 97.6 cm³/mol. The summed E-state index contributed by atoms with van der Waals surface area (Å²) in [6, 6.07) is 15.6. The van der Waals surface area contributed by atoms with Crippen molar-refractivity contribution in [2.24, 2.45) is 0 Å². The number of carbonyl (C=O) groups excluding carboxylic acids is 2. The molecule has 0 radical (unpaired) electrons. The lowest BCUT2D eigenvalue weighted by Crippen LogP contribution is -2.35. The van der Waals surface area contributed by atoms with E-state index in [2.05, 4.69) is 5.32 Å². The van der Waals surface area contributed by atoms with E-state index in [9.17, 15) is 9.59 Å². The highest BCUT2D eigenvalue weighted by Gasteiger charge is 2.17. The molecule has 6 nitrogen and oxygen atoms in total. The molecule has 0 unspecified atom stereocenters. The third kappa shape index (κ3) is 5.69. The van der Waals surface area contributed by atoms with Gasteiger partial charge in [0.25, 0.3) is 0 Å². The van der Waals surface area contributed by atoms with Crippen molar-refractivity contribution in [2.75, 3.05) is 29.2 Å². The van der Waals surface area contributed by atoms with E-state index in [1.165, 1.54) is 4.90 Å². The van der Waals surface area contributed by atoms with Crippen LogP contribution in [0, 0.1) is 0 Å².